The molecule has 0 saturated carbocycles. The van der Waals surface area contributed by atoms with Crippen LogP contribution in [0.15, 0.2) is 97.2 Å². The monoisotopic (exact) mass is 833 g/mol. The van der Waals surface area contributed by atoms with Crippen molar-refractivity contribution >= 4 is 17.9 Å². The average Bonchev–Trinajstić information content (AvgIpc) is 3.24. The predicted molar refractivity (Wildman–Crippen MR) is 256 cm³/mol. The highest BCUT2D eigenvalue weighted by atomic mass is 16.6. The van der Waals surface area contributed by atoms with E-state index in [0.29, 0.717) is 25.7 Å². The fourth-order valence-corrected chi connectivity index (χ4v) is 6.25. The van der Waals surface area contributed by atoms with E-state index < -0.39 is 6.10 Å². The maximum Gasteiger partial charge on any atom is 0.306 e. The van der Waals surface area contributed by atoms with Gasteiger partial charge in [0, 0.05) is 19.3 Å². The SMILES string of the molecule is CC/C=C\C/C=C\C/C=C\C/C=C\CCCCC(=O)OC[C@H](COC(=O)CCCCCCCCCCCCCC)OC(=O)CCCC/C=C\C/C=C\C/C=C\C/C=C\CC. The lowest BCUT2D eigenvalue weighted by atomic mass is 10.0. The second-order valence-electron chi connectivity index (χ2n) is 15.6. The van der Waals surface area contributed by atoms with Crippen LogP contribution in [0.5, 0.6) is 0 Å². The summed E-state index contributed by atoms with van der Waals surface area (Å²) in [5.41, 5.74) is 0. The van der Waals surface area contributed by atoms with Crippen LogP contribution in [0.3, 0.4) is 0 Å². The Morgan fingerprint density at radius 1 is 0.350 bits per heavy atom. The van der Waals surface area contributed by atoms with Gasteiger partial charge in [-0.05, 0) is 96.3 Å². The van der Waals surface area contributed by atoms with Crippen molar-refractivity contribution in [3.63, 3.8) is 0 Å². The maximum atomic E-state index is 12.7. The summed E-state index contributed by atoms with van der Waals surface area (Å²) < 4.78 is 16.7. The van der Waals surface area contributed by atoms with Crippen LogP contribution in [0, 0.1) is 0 Å². The third kappa shape index (κ3) is 45.4. The van der Waals surface area contributed by atoms with Gasteiger partial charge < -0.3 is 14.2 Å². The Bertz CT molecular complexity index is 1230. The van der Waals surface area contributed by atoms with Crippen LogP contribution < -0.4 is 0 Å². The van der Waals surface area contributed by atoms with Crippen LogP contribution in [-0.4, -0.2) is 37.2 Å². The Kier molecular flexibility index (Phi) is 45.1. The number of carbonyl (C=O) groups is 3. The largest absolute Gasteiger partial charge is 0.462 e. The highest BCUT2D eigenvalue weighted by Crippen LogP contribution is 2.13. The second-order valence-corrected chi connectivity index (χ2v) is 15.6. The molecule has 0 aromatic heterocycles. The minimum absolute atomic E-state index is 0.107. The van der Waals surface area contributed by atoms with Gasteiger partial charge in [0.15, 0.2) is 6.10 Å². The molecule has 0 N–H and O–H groups in total. The predicted octanol–water partition coefficient (Wildman–Crippen LogP) is 15.8. The standard InChI is InChI=1S/C54H88O6/c1-4-7-10-13-16-19-22-25-27-29-32-35-38-41-44-47-53(56)59-50-51(49-58-52(55)46-43-40-37-34-31-24-21-18-15-12-9-6-3)60-54(57)48-45-42-39-36-33-30-28-26-23-20-17-14-11-8-5-2/h7-8,10-11,16-17,19-20,25-28,32-33,35-36,51H,4-6,9,12-15,18,21-24,29-31,34,37-50H2,1-3H3/b10-7-,11-8-,19-16-,20-17-,27-25-,28-26-,35-32-,36-33-/t51-/m0/s1. The van der Waals surface area contributed by atoms with Gasteiger partial charge in [-0.2, -0.15) is 0 Å². The third-order valence-corrected chi connectivity index (χ3v) is 9.83. The van der Waals surface area contributed by atoms with Gasteiger partial charge in [0.2, 0.25) is 0 Å². The molecule has 0 radical (unpaired) electrons. The van der Waals surface area contributed by atoms with Crippen molar-refractivity contribution in [2.24, 2.45) is 0 Å². The van der Waals surface area contributed by atoms with Crippen molar-refractivity contribution in [1.29, 1.82) is 0 Å². The molecule has 0 fully saturated rings. The molecule has 1 atom stereocenters. The topological polar surface area (TPSA) is 78.9 Å². The molecule has 0 bridgehead atoms. The lowest BCUT2D eigenvalue weighted by molar-refractivity contribution is -0.167. The summed E-state index contributed by atoms with van der Waals surface area (Å²) in [6.45, 7) is 6.32. The van der Waals surface area contributed by atoms with Crippen LogP contribution in [0.1, 0.15) is 207 Å². The number of allylic oxidation sites excluding steroid dienone is 16. The molecule has 340 valence electrons. The zero-order chi connectivity index (χ0) is 43.7. The first-order valence-electron chi connectivity index (χ1n) is 24.2. The first kappa shape index (κ1) is 56.3. The smallest absolute Gasteiger partial charge is 0.306 e. The van der Waals surface area contributed by atoms with Crippen molar-refractivity contribution in [1.82, 2.24) is 0 Å². The van der Waals surface area contributed by atoms with Crippen molar-refractivity contribution in [2.45, 2.75) is 213 Å². The minimum Gasteiger partial charge on any atom is -0.462 e. The summed E-state index contributed by atoms with van der Waals surface area (Å²) in [4.78, 5) is 37.8. The number of carbonyl (C=O) groups excluding carboxylic acids is 3. The van der Waals surface area contributed by atoms with Crippen LogP contribution in [0.4, 0.5) is 0 Å². The van der Waals surface area contributed by atoms with E-state index in [2.05, 4.69) is 118 Å². The highest BCUT2D eigenvalue weighted by Gasteiger charge is 2.19. The van der Waals surface area contributed by atoms with E-state index >= 15 is 0 Å². The first-order valence-corrected chi connectivity index (χ1v) is 24.2. The molecule has 0 aromatic rings. The van der Waals surface area contributed by atoms with Gasteiger partial charge in [0.1, 0.15) is 13.2 Å². The molecular weight excluding hydrogens is 745 g/mol. The van der Waals surface area contributed by atoms with Gasteiger partial charge in [-0.1, -0.05) is 189 Å². The molecule has 0 aliphatic heterocycles. The quantitative estimate of drug-likeness (QED) is 0.0264. The van der Waals surface area contributed by atoms with Crippen LogP contribution in [0.25, 0.3) is 0 Å². The molecule has 0 rings (SSSR count). The molecule has 60 heavy (non-hydrogen) atoms. The van der Waals surface area contributed by atoms with E-state index in [4.69, 9.17) is 14.2 Å². The average molecular weight is 833 g/mol. The van der Waals surface area contributed by atoms with E-state index in [1.165, 1.54) is 57.8 Å². The van der Waals surface area contributed by atoms with Gasteiger partial charge in [-0.25, -0.2) is 0 Å². The van der Waals surface area contributed by atoms with E-state index in [9.17, 15) is 14.4 Å². The van der Waals surface area contributed by atoms with Gasteiger partial charge >= 0.3 is 17.9 Å². The van der Waals surface area contributed by atoms with Gasteiger partial charge in [0.05, 0.1) is 0 Å². The molecule has 6 nitrogen and oxygen atoms in total. The number of hydrogen-bond donors (Lipinski definition) is 0. The summed E-state index contributed by atoms with van der Waals surface area (Å²) in [5.74, 6) is -0.999. The molecule has 6 heteroatoms. The van der Waals surface area contributed by atoms with E-state index in [0.717, 1.165) is 96.3 Å². The van der Waals surface area contributed by atoms with E-state index in [1.807, 2.05) is 0 Å². The summed E-state index contributed by atoms with van der Waals surface area (Å²) in [7, 11) is 0. The lowest BCUT2D eigenvalue weighted by Crippen LogP contribution is -2.30. The van der Waals surface area contributed by atoms with Gasteiger partial charge in [-0.3, -0.25) is 14.4 Å². The maximum absolute atomic E-state index is 12.7. The zero-order valence-corrected chi connectivity index (χ0v) is 38.7. The Labute approximate surface area is 368 Å². The summed E-state index contributed by atoms with van der Waals surface area (Å²) in [6, 6.07) is 0. The van der Waals surface area contributed by atoms with Crippen molar-refractivity contribution < 1.29 is 28.6 Å². The zero-order valence-electron chi connectivity index (χ0n) is 38.7. The number of rotatable bonds is 42. The Morgan fingerprint density at radius 3 is 1.02 bits per heavy atom. The molecule has 0 aliphatic carbocycles. The van der Waals surface area contributed by atoms with E-state index in [-0.39, 0.29) is 37.5 Å². The van der Waals surface area contributed by atoms with Crippen LogP contribution in [0.2, 0.25) is 0 Å². The Hall–Kier alpha value is -3.67. The minimum atomic E-state index is -0.814. The Morgan fingerprint density at radius 2 is 0.650 bits per heavy atom. The van der Waals surface area contributed by atoms with Crippen molar-refractivity contribution in [2.75, 3.05) is 13.2 Å². The molecule has 0 saturated heterocycles. The second kappa shape index (κ2) is 48.0. The fraction of sp³-hybridized carbons (Fsp3) is 0.648. The molecule has 0 aliphatic rings. The number of unbranched alkanes of at least 4 members (excludes halogenated alkanes) is 15. The normalized spacial score (nSPS) is 12.9. The number of esters is 3. The summed E-state index contributed by atoms with van der Waals surface area (Å²) in [5, 5.41) is 0. The molecule has 0 aromatic carbocycles. The lowest BCUT2D eigenvalue weighted by Gasteiger charge is -2.18. The molecular formula is C54H88O6. The molecule has 0 spiro atoms. The van der Waals surface area contributed by atoms with E-state index in [1.54, 1.807) is 0 Å². The fourth-order valence-electron chi connectivity index (χ4n) is 6.25. The van der Waals surface area contributed by atoms with Gasteiger partial charge in [-0.15, -0.1) is 0 Å². The number of ether oxygens (including phenoxy) is 3. The summed E-state index contributed by atoms with van der Waals surface area (Å²) in [6.07, 6.45) is 62.5. The van der Waals surface area contributed by atoms with Crippen molar-refractivity contribution in [3.05, 3.63) is 97.2 Å². The van der Waals surface area contributed by atoms with Crippen LogP contribution >= 0.6 is 0 Å². The number of hydrogen-bond acceptors (Lipinski definition) is 6. The van der Waals surface area contributed by atoms with Crippen molar-refractivity contribution in [3.8, 4) is 0 Å². The van der Waals surface area contributed by atoms with Crippen LogP contribution in [-0.2, 0) is 28.6 Å². The Balaban J connectivity index is 4.54. The third-order valence-electron chi connectivity index (χ3n) is 9.83. The summed E-state index contributed by atoms with van der Waals surface area (Å²) >= 11 is 0. The van der Waals surface area contributed by atoms with Gasteiger partial charge in [0.25, 0.3) is 0 Å². The molecule has 0 unspecified atom stereocenters. The first-order chi connectivity index (χ1) is 29.5. The molecule has 0 amide bonds. The highest BCUT2D eigenvalue weighted by molar-refractivity contribution is 5.71. The molecule has 0 heterocycles.